The highest BCUT2D eigenvalue weighted by atomic mass is 32.2. The van der Waals surface area contributed by atoms with E-state index in [0.717, 1.165) is 12.2 Å². The van der Waals surface area contributed by atoms with E-state index in [4.69, 9.17) is 0 Å². The van der Waals surface area contributed by atoms with E-state index in [1.165, 1.54) is 0 Å². The van der Waals surface area contributed by atoms with Gasteiger partial charge in [-0.2, -0.15) is 0 Å². The van der Waals surface area contributed by atoms with Gasteiger partial charge in [-0.3, -0.25) is 4.21 Å². The van der Waals surface area contributed by atoms with Gasteiger partial charge < -0.3 is 0 Å². The molecule has 0 bridgehead atoms. The van der Waals surface area contributed by atoms with E-state index in [-0.39, 0.29) is 0 Å². The average molecular weight is 134 g/mol. The molecule has 1 atom stereocenters. The van der Waals surface area contributed by atoms with Crippen molar-refractivity contribution in [2.45, 2.75) is 32.4 Å². The molecule has 0 N–H and O–H groups in total. The molecule has 0 fully saturated rings. The van der Waals surface area contributed by atoms with Gasteiger partial charge in [-0.1, -0.05) is 20.8 Å². The van der Waals surface area contributed by atoms with Gasteiger partial charge in [0.15, 0.2) is 0 Å². The van der Waals surface area contributed by atoms with Crippen LogP contribution in [0.2, 0.25) is 0 Å². The number of hydrogen-bond donors (Lipinski definition) is 0. The van der Waals surface area contributed by atoms with Gasteiger partial charge in [0.05, 0.1) is 0 Å². The van der Waals surface area contributed by atoms with Crippen LogP contribution in [0.15, 0.2) is 0 Å². The summed E-state index contributed by atoms with van der Waals surface area (Å²) >= 11 is 0. The van der Waals surface area contributed by atoms with Crippen molar-refractivity contribution in [2.75, 3.05) is 5.75 Å². The predicted octanol–water partition coefficient (Wildman–Crippen LogP) is 1.55. The molecular weight excluding hydrogens is 120 g/mol. The third-order valence-electron chi connectivity index (χ3n) is 0.931. The molecule has 1 nitrogen and oxygen atoms in total. The molecular formula is C6H14OS. The number of rotatable bonds is 3. The summed E-state index contributed by atoms with van der Waals surface area (Å²) < 4.78 is 10.9. The zero-order valence-electron chi connectivity index (χ0n) is 5.81. The van der Waals surface area contributed by atoms with Crippen LogP contribution < -0.4 is 0 Å². The Labute approximate surface area is 53.9 Å². The molecule has 0 aromatic carbocycles. The lowest BCUT2D eigenvalue weighted by molar-refractivity contribution is 0.675. The molecule has 0 aliphatic rings. The molecule has 1 unspecified atom stereocenters. The first-order valence-electron chi connectivity index (χ1n) is 3.05. The largest absolute Gasteiger partial charge is 0.259 e. The maximum atomic E-state index is 10.9. The van der Waals surface area contributed by atoms with Crippen molar-refractivity contribution in [1.82, 2.24) is 0 Å². The van der Waals surface area contributed by atoms with Crippen molar-refractivity contribution in [1.29, 1.82) is 0 Å². The molecule has 0 rings (SSSR count). The topological polar surface area (TPSA) is 17.1 Å². The molecule has 0 spiro atoms. The molecule has 50 valence electrons. The van der Waals surface area contributed by atoms with Crippen LogP contribution in [0.3, 0.4) is 0 Å². The fourth-order valence-electron chi connectivity index (χ4n) is 0.437. The van der Waals surface area contributed by atoms with Crippen LogP contribution in [0.25, 0.3) is 0 Å². The van der Waals surface area contributed by atoms with Crippen LogP contribution in [0.5, 0.6) is 0 Å². The summed E-state index contributed by atoms with van der Waals surface area (Å²) in [6.45, 7) is 6.04. The van der Waals surface area contributed by atoms with Gasteiger partial charge in [-0.15, -0.1) is 0 Å². The predicted molar refractivity (Wildman–Crippen MR) is 38.4 cm³/mol. The summed E-state index contributed by atoms with van der Waals surface area (Å²) in [4.78, 5) is 0. The van der Waals surface area contributed by atoms with Crippen LogP contribution in [0.4, 0.5) is 0 Å². The van der Waals surface area contributed by atoms with Crippen molar-refractivity contribution in [3.05, 3.63) is 0 Å². The summed E-state index contributed by atoms with van der Waals surface area (Å²) in [5, 5.41) is 0.343. The normalized spacial score (nSPS) is 14.5. The Kier molecular flexibility index (Phi) is 4.15. The van der Waals surface area contributed by atoms with Gasteiger partial charge in [0.25, 0.3) is 0 Å². The lowest BCUT2D eigenvalue weighted by Gasteiger charge is -2.00. The second-order valence-corrected chi connectivity index (χ2v) is 4.25. The molecule has 0 aromatic rings. The zero-order valence-corrected chi connectivity index (χ0v) is 6.62. The van der Waals surface area contributed by atoms with Gasteiger partial charge in [0.2, 0.25) is 0 Å². The zero-order chi connectivity index (χ0) is 6.57. The Hall–Kier alpha value is 0.150. The molecule has 0 aliphatic carbocycles. The molecule has 8 heavy (non-hydrogen) atoms. The minimum absolute atomic E-state index is 0.343. The maximum absolute atomic E-state index is 10.9. The maximum Gasteiger partial charge on any atom is 0.0291 e. The summed E-state index contributed by atoms with van der Waals surface area (Å²) in [5.74, 6) is 0.859. The van der Waals surface area contributed by atoms with E-state index in [0.29, 0.717) is 5.25 Å². The van der Waals surface area contributed by atoms with Crippen LogP contribution in [-0.2, 0) is 10.8 Å². The lowest BCUT2D eigenvalue weighted by Crippen LogP contribution is -2.08. The Morgan fingerprint density at radius 1 is 1.50 bits per heavy atom. The highest BCUT2D eigenvalue weighted by molar-refractivity contribution is 7.85. The van der Waals surface area contributed by atoms with Gasteiger partial charge in [-0.05, 0) is 6.42 Å². The fraction of sp³-hybridized carbons (Fsp3) is 1.00. The molecule has 0 saturated heterocycles. The molecule has 2 heteroatoms. The summed E-state index contributed by atoms with van der Waals surface area (Å²) in [6.07, 6.45) is 1.03. The molecule has 0 saturated carbocycles. The third-order valence-corrected chi connectivity index (χ3v) is 2.79. The Morgan fingerprint density at radius 2 is 2.00 bits per heavy atom. The Balaban J connectivity index is 3.33. The van der Waals surface area contributed by atoms with Crippen LogP contribution in [0, 0.1) is 0 Å². The first-order chi connectivity index (χ1) is 3.68. The smallest absolute Gasteiger partial charge is 0.0291 e. The van der Waals surface area contributed by atoms with Crippen LogP contribution in [0.1, 0.15) is 27.2 Å². The van der Waals surface area contributed by atoms with Gasteiger partial charge in [0.1, 0.15) is 0 Å². The van der Waals surface area contributed by atoms with Crippen molar-refractivity contribution in [3.63, 3.8) is 0 Å². The first-order valence-corrected chi connectivity index (χ1v) is 4.43. The van der Waals surface area contributed by atoms with E-state index in [1.54, 1.807) is 0 Å². The average Bonchev–Trinajstić information content (AvgIpc) is 1.67. The minimum atomic E-state index is -0.572. The summed E-state index contributed by atoms with van der Waals surface area (Å²) in [5.41, 5.74) is 0. The monoisotopic (exact) mass is 134 g/mol. The second kappa shape index (κ2) is 4.07. The van der Waals surface area contributed by atoms with Crippen molar-refractivity contribution in [2.24, 2.45) is 0 Å². The standard InChI is InChI=1S/C6H14OS/c1-4-5-8(7)6(2)3/h6H,4-5H2,1-3H3. The van der Waals surface area contributed by atoms with Gasteiger partial charge in [-0.25, -0.2) is 0 Å². The second-order valence-electron chi connectivity index (χ2n) is 2.13. The van der Waals surface area contributed by atoms with Crippen molar-refractivity contribution < 1.29 is 4.21 Å². The molecule has 0 aliphatic heterocycles. The molecule has 0 aromatic heterocycles. The van der Waals surface area contributed by atoms with Gasteiger partial charge in [0, 0.05) is 21.8 Å². The van der Waals surface area contributed by atoms with E-state index in [1.807, 2.05) is 13.8 Å². The van der Waals surface area contributed by atoms with Crippen molar-refractivity contribution >= 4 is 10.8 Å². The molecule has 0 radical (unpaired) electrons. The molecule has 0 amide bonds. The number of hydrogen-bond acceptors (Lipinski definition) is 1. The molecule has 0 heterocycles. The van der Waals surface area contributed by atoms with E-state index >= 15 is 0 Å². The van der Waals surface area contributed by atoms with E-state index in [2.05, 4.69) is 6.92 Å². The Bertz CT molecular complexity index is 78.6. The van der Waals surface area contributed by atoms with Gasteiger partial charge >= 0.3 is 0 Å². The Morgan fingerprint density at radius 3 is 2.12 bits per heavy atom. The minimum Gasteiger partial charge on any atom is -0.259 e. The van der Waals surface area contributed by atoms with Crippen molar-refractivity contribution in [3.8, 4) is 0 Å². The summed E-state index contributed by atoms with van der Waals surface area (Å²) in [7, 11) is -0.572. The van der Waals surface area contributed by atoms with E-state index < -0.39 is 10.8 Å². The highest BCUT2D eigenvalue weighted by Gasteiger charge is 2.00. The SMILES string of the molecule is CCCS(=O)C(C)C. The van der Waals surface area contributed by atoms with E-state index in [9.17, 15) is 4.21 Å². The summed E-state index contributed by atoms with van der Waals surface area (Å²) in [6, 6.07) is 0. The quantitative estimate of drug-likeness (QED) is 0.572. The lowest BCUT2D eigenvalue weighted by atomic mass is 10.6. The van der Waals surface area contributed by atoms with Crippen LogP contribution in [-0.4, -0.2) is 15.2 Å². The highest BCUT2D eigenvalue weighted by Crippen LogP contribution is 1.94. The van der Waals surface area contributed by atoms with Crippen LogP contribution >= 0.6 is 0 Å². The fourth-order valence-corrected chi connectivity index (χ4v) is 1.31. The third kappa shape index (κ3) is 3.19. The first kappa shape index (κ1) is 8.15.